The van der Waals surface area contributed by atoms with Crippen LogP contribution >= 0.6 is 0 Å². The minimum Gasteiger partial charge on any atom is -0.384 e. The van der Waals surface area contributed by atoms with Crippen LogP contribution in [0.4, 0.5) is 11.4 Å². The van der Waals surface area contributed by atoms with Gasteiger partial charge in [-0.25, -0.2) is 4.98 Å². The highest BCUT2D eigenvalue weighted by molar-refractivity contribution is 6.02. The van der Waals surface area contributed by atoms with E-state index in [-0.39, 0.29) is 5.91 Å². The van der Waals surface area contributed by atoms with Crippen LogP contribution in [0, 0.1) is 0 Å². The Bertz CT molecular complexity index is 583. The topological polar surface area (TPSA) is 66.9 Å². The van der Waals surface area contributed by atoms with Gasteiger partial charge in [0.05, 0.1) is 6.20 Å². The lowest BCUT2D eigenvalue weighted by molar-refractivity contribution is 0.102. The van der Waals surface area contributed by atoms with Gasteiger partial charge in [0.1, 0.15) is 5.69 Å². The Kier molecular flexibility index (Phi) is 2.64. The fourth-order valence-electron chi connectivity index (χ4n) is 1.99. The molecule has 0 bridgehead atoms. The van der Waals surface area contributed by atoms with Crippen LogP contribution in [0.5, 0.6) is 0 Å². The number of nitrogens with zero attached hydrogens (tertiary/aromatic N) is 2. The molecule has 0 aliphatic carbocycles. The minimum atomic E-state index is -0.242. The van der Waals surface area contributed by atoms with Crippen molar-refractivity contribution in [1.29, 1.82) is 0 Å². The molecule has 1 aliphatic rings. The molecule has 90 valence electrons. The van der Waals surface area contributed by atoms with E-state index >= 15 is 0 Å². The van der Waals surface area contributed by atoms with Gasteiger partial charge in [-0.1, -0.05) is 0 Å². The van der Waals surface area contributed by atoms with Crippen molar-refractivity contribution in [2.45, 2.75) is 6.42 Å². The van der Waals surface area contributed by atoms with Crippen LogP contribution in [0.25, 0.3) is 0 Å². The number of fused-ring (bicyclic) bond motifs is 1. The lowest BCUT2D eigenvalue weighted by Gasteiger charge is -2.06. The maximum atomic E-state index is 11.9. The largest absolute Gasteiger partial charge is 0.384 e. The fraction of sp³-hybridized carbons (Fsp3) is 0.154. The minimum absolute atomic E-state index is 0.242. The molecule has 5 heteroatoms. The number of hydrogen-bond donors (Lipinski definition) is 2. The molecule has 0 radical (unpaired) electrons. The fourth-order valence-corrected chi connectivity index (χ4v) is 1.99. The Balaban J connectivity index is 1.79. The zero-order valence-electron chi connectivity index (χ0n) is 9.68. The zero-order valence-corrected chi connectivity index (χ0v) is 9.68. The number of rotatable bonds is 2. The zero-order chi connectivity index (χ0) is 12.4. The first-order chi connectivity index (χ1) is 8.83. The highest BCUT2D eigenvalue weighted by Gasteiger charge is 2.12. The second-order valence-corrected chi connectivity index (χ2v) is 4.09. The van der Waals surface area contributed by atoms with Crippen molar-refractivity contribution < 1.29 is 4.79 Å². The van der Waals surface area contributed by atoms with Crippen LogP contribution in [-0.2, 0) is 6.42 Å². The van der Waals surface area contributed by atoms with Gasteiger partial charge in [0.25, 0.3) is 5.91 Å². The second-order valence-electron chi connectivity index (χ2n) is 4.09. The summed E-state index contributed by atoms with van der Waals surface area (Å²) in [6, 6.07) is 5.85. The lowest BCUT2D eigenvalue weighted by Crippen LogP contribution is -2.13. The van der Waals surface area contributed by atoms with Gasteiger partial charge in [-0.15, -0.1) is 0 Å². The normalized spacial score (nSPS) is 12.7. The number of benzene rings is 1. The van der Waals surface area contributed by atoms with E-state index in [9.17, 15) is 4.79 Å². The van der Waals surface area contributed by atoms with Gasteiger partial charge >= 0.3 is 0 Å². The summed E-state index contributed by atoms with van der Waals surface area (Å²) in [4.78, 5) is 19.7. The summed E-state index contributed by atoms with van der Waals surface area (Å²) >= 11 is 0. The maximum absolute atomic E-state index is 11.9. The van der Waals surface area contributed by atoms with Crippen LogP contribution in [0.15, 0.2) is 36.8 Å². The van der Waals surface area contributed by atoms with Gasteiger partial charge in [0.15, 0.2) is 0 Å². The van der Waals surface area contributed by atoms with Crippen molar-refractivity contribution in [1.82, 2.24) is 9.97 Å². The van der Waals surface area contributed by atoms with E-state index in [1.807, 2.05) is 18.2 Å². The number of hydrogen-bond acceptors (Lipinski definition) is 4. The standard InChI is InChI=1S/C13H12N4O/c18-13(12-8-14-5-6-16-12)17-10-1-2-11-9(7-10)3-4-15-11/h1-2,5-8,15H,3-4H2,(H,17,18). The molecule has 0 saturated heterocycles. The Morgan fingerprint density at radius 3 is 3.11 bits per heavy atom. The van der Waals surface area contributed by atoms with Gasteiger partial charge < -0.3 is 10.6 Å². The van der Waals surface area contributed by atoms with Crippen molar-refractivity contribution >= 4 is 17.3 Å². The molecule has 2 N–H and O–H groups in total. The van der Waals surface area contributed by atoms with E-state index in [2.05, 4.69) is 20.6 Å². The number of nitrogens with one attached hydrogen (secondary N) is 2. The predicted octanol–water partition coefficient (Wildman–Crippen LogP) is 1.70. The Morgan fingerprint density at radius 2 is 2.28 bits per heavy atom. The van der Waals surface area contributed by atoms with Crippen LogP contribution in [0.2, 0.25) is 0 Å². The Hall–Kier alpha value is -2.43. The van der Waals surface area contributed by atoms with E-state index in [1.54, 1.807) is 0 Å². The molecule has 5 nitrogen and oxygen atoms in total. The number of anilines is 2. The van der Waals surface area contributed by atoms with Crippen molar-refractivity contribution in [2.24, 2.45) is 0 Å². The highest BCUT2D eigenvalue weighted by atomic mass is 16.1. The van der Waals surface area contributed by atoms with Gasteiger partial charge in [0.2, 0.25) is 0 Å². The third kappa shape index (κ3) is 2.02. The molecule has 2 heterocycles. The average molecular weight is 240 g/mol. The molecule has 1 aliphatic heterocycles. The smallest absolute Gasteiger partial charge is 0.275 e. The molecule has 0 spiro atoms. The summed E-state index contributed by atoms with van der Waals surface area (Å²) < 4.78 is 0. The third-order valence-electron chi connectivity index (χ3n) is 2.87. The van der Waals surface area contributed by atoms with Gasteiger partial charge in [-0.05, 0) is 30.2 Å². The molecular formula is C13H12N4O. The van der Waals surface area contributed by atoms with Crippen LogP contribution in [-0.4, -0.2) is 22.4 Å². The first kappa shape index (κ1) is 10.7. The molecule has 2 aromatic rings. The molecule has 0 atom stereocenters. The Morgan fingerprint density at radius 1 is 1.33 bits per heavy atom. The summed E-state index contributed by atoms with van der Waals surface area (Å²) in [5.74, 6) is -0.242. The monoisotopic (exact) mass is 240 g/mol. The molecule has 0 unspecified atom stereocenters. The first-order valence-electron chi connectivity index (χ1n) is 5.77. The summed E-state index contributed by atoms with van der Waals surface area (Å²) in [6.07, 6.45) is 5.48. The Labute approximate surface area is 104 Å². The quantitative estimate of drug-likeness (QED) is 0.838. The van der Waals surface area contributed by atoms with E-state index in [4.69, 9.17) is 0 Å². The summed E-state index contributed by atoms with van der Waals surface area (Å²) in [5, 5.41) is 6.10. The molecule has 3 rings (SSSR count). The molecule has 0 saturated carbocycles. The van der Waals surface area contributed by atoms with Gasteiger partial charge in [-0.3, -0.25) is 9.78 Å². The van der Waals surface area contributed by atoms with Gasteiger partial charge in [-0.2, -0.15) is 0 Å². The molecule has 1 aromatic heterocycles. The van der Waals surface area contributed by atoms with Crippen molar-refractivity contribution in [2.75, 3.05) is 17.2 Å². The highest BCUT2D eigenvalue weighted by Crippen LogP contribution is 2.25. The van der Waals surface area contributed by atoms with Gasteiger partial charge in [0, 0.05) is 30.3 Å². The number of aromatic nitrogens is 2. The number of carbonyl (C=O) groups is 1. The predicted molar refractivity (Wildman–Crippen MR) is 68.6 cm³/mol. The van der Waals surface area contributed by atoms with Crippen molar-refractivity contribution in [3.8, 4) is 0 Å². The third-order valence-corrected chi connectivity index (χ3v) is 2.87. The summed E-state index contributed by atoms with van der Waals surface area (Å²) in [5.41, 5.74) is 3.48. The lowest BCUT2D eigenvalue weighted by atomic mass is 10.1. The van der Waals surface area contributed by atoms with Crippen molar-refractivity contribution in [3.63, 3.8) is 0 Å². The van der Waals surface area contributed by atoms with Crippen LogP contribution in [0.1, 0.15) is 16.1 Å². The van der Waals surface area contributed by atoms with Crippen LogP contribution in [0.3, 0.4) is 0 Å². The second kappa shape index (κ2) is 4.44. The molecular weight excluding hydrogens is 228 g/mol. The molecule has 18 heavy (non-hydrogen) atoms. The molecule has 1 amide bonds. The van der Waals surface area contributed by atoms with Crippen LogP contribution < -0.4 is 10.6 Å². The summed E-state index contributed by atoms with van der Waals surface area (Å²) in [7, 11) is 0. The number of carbonyl (C=O) groups excluding carboxylic acids is 1. The van der Waals surface area contributed by atoms with E-state index in [1.165, 1.54) is 24.2 Å². The molecule has 1 aromatic carbocycles. The first-order valence-corrected chi connectivity index (χ1v) is 5.77. The van der Waals surface area contributed by atoms with E-state index < -0.39 is 0 Å². The van der Waals surface area contributed by atoms with E-state index in [0.717, 1.165) is 24.3 Å². The number of amides is 1. The molecule has 0 fully saturated rings. The maximum Gasteiger partial charge on any atom is 0.275 e. The summed E-state index contributed by atoms with van der Waals surface area (Å²) in [6.45, 7) is 0.955. The van der Waals surface area contributed by atoms with E-state index in [0.29, 0.717) is 5.69 Å². The van der Waals surface area contributed by atoms with Crippen molar-refractivity contribution in [3.05, 3.63) is 48.0 Å². The SMILES string of the molecule is O=C(Nc1ccc2c(c1)CCN2)c1cnccn1. The average Bonchev–Trinajstić information content (AvgIpc) is 2.87.